The number of benzene rings is 3. The minimum absolute atomic E-state index is 0. The molecule has 0 saturated carbocycles. The van der Waals surface area contributed by atoms with E-state index in [1.54, 1.807) is 30.8 Å². The van der Waals surface area contributed by atoms with Gasteiger partial charge in [-0.15, -0.1) is 17.0 Å². The fourth-order valence-corrected chi connectivity index (χ4v) is 4.50. The highest BCUT2D eigenvalue weighted by atomic mass is 79.9. The first-order valence-electron chi connectivity index (χ1n) is 12.3. The van der Waals surface area contributed by atoms with E-state index in [0.29, 0.717) is 23.2 Å². The van der Waals surface area contributed by atoms with Crippen LogP contribution in [0.1, 0.15) is 47.8 Å². The van der Waals surface area contributed by atoms with E-state index in [1.165, 1.54) is 4.90 Å². The number of carbonyl (C=O) groups excluding carboxylic acids is 2. The monoisotopic (exact) mass is 578 g/mol. The molecular weight excluding hydrogens is 544 g/mol. The Labute approximate surface area is 233 Å². The summed E-state index contributed by atoms with van der Waals surface area (Å²) in [6, 6.07) is 21.0. The highest BCUT2D eigenvalue weighted by Crippen LogP contribution is 2.35. The van der Waals surface area contributed by atoms with E-state index in [-0.39, 0.29) is 53.0 Å². The van der Waals surface area contributed by atoms with Crippen LogP contribution in [-0.2, 0) is 29.7 Å². The lowest BCUT2D eigenvalue weighted by molar-refractivity contribution is -0.128. The molecule has 1 amide bonds. The molecular formula is C30H35BrN4O3. The number of rotatable bonds is 7. The van der Waals surface area contributed by atoms with E-state index in [4.69, 9.17) is 5.41 Å². The molecule has 0 aliphatic heterocycles. The third kappa shape index (κ3) is 5.91. The van der Waals surface area contributed by atoms with Crippen molar-refractivity contribution >= 4 is 39.7 Å². The molecule has 0 atom stereocenters. The predicted octanol–water partition coefficient (Wildman–Crippen LogP) is 5.07. The van der Waals surface area contributed by atoms with E-state index in [0.717, 1.165) is 16.6 Å². The molecule has 0 saturated heterocycles. The smallest absolute Gasteiger partial charge is 0.226 e. The molecule has 0 spiro atoms. The summed E-state index contributed by atoms with van der Waals surface area (Å²) in [6.45, 7) is 6.37. The average molecular weight is 580 g/mol. The number of hydrogen-bond donors (Lipinski definition) is 2. The number of carbonyl (C=O) groups is 2. The SMILES string of the molecule is Br.CN(C)C(=O)Cc1cc(C(=O)Cn2c(=N)n(Cc3ccccc3)c3ccccc32)cc(C(C)(C)C)c1O. The molecule has 4 aromatic rings. The van der Waals surface area contributed by atoms with Crippen LogP contribution in [0.5, 0.6) is 5.75 Å². The van der Waals surface area contributed by atoms with Gasteiger partial charge in [-0.1, -0.05) is 63.2 Å². The van der Waals surface area contributed by atoms with Crippen molar-refractivity contribution in [3.63, 3.8) is 0 Å². The summed E-state index contributed by atoms with van der Waals surface area (Å²) in [4.78, 5) is 27.6. The number of nitrogens with one attached hydrogen (secondary N) is 1. The van der Waals surface area contributed by atoms with Crippen molar-refractivity contribution in [2.75, 3.05) is 14.1 Å². The number of ketones is 1. The van der Waals surface area contributed by atoms with Gasteiger partial charge in [-0.3, -0.25) is 15.0 Å². The van der Waals surface area contributed by atoms with Gasteiger partial charge in [0.25, 0.3) is 0 Å². The highest BCUT2D eigenvalue weighted by Gasteiger charge is 2.25. The number of nitrogens with zero attached hydrogens (tertiary/aromatic N) is 3. The molecule has 4 rings (SSSR count). The van der Waals surface area contributed by atoms with Crippen molar-refractivity contribution in [3.8, 4) is 5.75 Å². The summed E-state index contributed by atoms with van der Waals surface area (Å²) in [5.74, 6) is -0.302. The Morgan fingerprint density at radius 2 is 1.50 bits per heavy atom. The standard InChI is InChI=1S/C30H34N4O3.BrH/c1-30(2,3)23-16-21(15-22(28(23)37)17-27(36)32(4)5)26(35)19-34-25-14-10-9-13-24(25)33(29(34)31)18-20-11-7-6-8-12-20;/h6-16,31,37H,17-19H2,1-5H3;1H. The first-order chi connectivity index (χ1) is 17.5. The van der Waals surface area contributed by atoms with Crippen molar-refractivity contribution < 1.29 is 14.7 Å². The van der Waals surface area contributed by atoms with E-state index in [1.807, 2.05) is 79.9 Å². The molecule has 0 radical (unpaired) electrons. The number of imidazole rings is 1. The van der Waals surface area contributed by atoms with Gasteiger partial charge < -0.3 is 19.1 Å². The maximum absolute atomic E-state index is 13.6. The topological polar surface area (TPSA) is 91.3 Å². The molecule has 8 heteroatoms. The Bertz CT molecular complexity index is 1530. The number of hydrogen-bond acceptors (Lipinski definition) is 4. The van der Waals surface area contributed by atoms with Gasteiger partial charge in [0.1, 0.15) is 5.75 Å². The second kappa shape index (κ2) is 11.4. The van der Waals surface area contributed by atoms with Crippen LogP contribution >= 0.6 is 17.0 Å². The molecule has 0 fully saturated rings. The highest BCUT2D eigenvalue weighted by molar-refractivity contribution is 8.93. The Morgan fingerprint density at radius 1 is 0.921 bits per heavy atom. The summed E-state index contributed by atoms with van der Waals surface area (Å²) >= 11 is 0. The zero-order valence-electron chi connectivity index (χ0n) is 22.5. The molecule has 3 aromatic carbocycles. The van der Waals surface area contributed by atoms with Gasteiger partial charge >= 0.3 is 0 Å². The van der Waals surface area contributed by atoms with Crippen molar-refractivity contribution in [3.05, 3.63) is 94.6 Å². The lowest BCUT2D eigenvalue weighted by atomic mass is 9.83. The molecule has 0 unspecified atom stereocenters. The number of phenols is 1. The molecule has 1 aromatic heterocycles. The number of halogens is 1. The first kappa shape index (κ1) is 28.9. The maximum Gasteiger partial charge on any atom is 0.226 e. The van der Waals surface area contributed by atoms with Crippen LogP contribution in [0, 0.1) is 5.41 Å². The predicted molar refractivity (Wildman–Crippen MR) is 155 cm³/mol. The normalized spacial score (nSPS) is 11.3. The number of fused-ring (bicyclic) bond motifs is 1. The van der Waals surface area contributed by atoms with Crippen LogP contribution in [0.15, 0.2) is 66.7 Å². The zero-order chi connectivity index (χ0) is 26.9. The summed E-state index contributed by atoms with van der Waals surface area (Å²) in [7, 11) is 3.33. The molecule has 2 N–H and O–H groups in total. The number of likely N-dealkylation sites (N-methyl/N-ethyl adjacent to an activating group) is 1. The Morgan fingerprint density at radius 3 is 2.08 bits per heavy atom. The van der Waals surface area contributed by atoms with Gasteiger partial charge in [-0.25, -0.2) is 0 Å². The third-order valence-corrected chi connectivity index (χ3v) is 6.62. The third-order valence-electron chi connectivity index (χ3n) is 6.62. The minimum atomic E-state index is -0.435. The van der Waals surface area contributed by atoms with Crippen LogP contribution in [0.4, 0.5) is 0 Å². The molecule has 0 aliphatic rings. The van der Waals surface area contributed by atoms with E-state index in [9.17, 15) is 14.7 Å². The van der Waals surface area contributed by atoms with Crippen molar-refractivity contribution in [1.82, 2.24) is 14.0 Å². The van der Waals surface area contributed by atoms with E-state index < -0.39 is 5.41 Å². The van der Waals surface area contributed by atoms with E-state index in [2.05, 4.69) is 0 Å². The van der Waals surface area contributed by atoms with Crippen molar-refractivity contribution in [2.45, 2.75) is 45.7 Å². The van der Waals surface area contributed by atoms with Crippen LogP contribution in [0.25, 0.3) is 11.0 Å². The number of Topliss-reactive ketones (excluding diaryl/α,β-unsaturated/α-hetero) is 1. The summed E-state index contributed by atoms with van der Waals surface area (Å²) in [5.41, 5.74) is 4.00. The number of aromatic nitrogens is 2. The Kier molecular flexibility index (Phi) is 8.67. The molecule has 0 bridgehead atoms. The van der Waals surface area contributed by atoms with Crippen LogP contribution < -0.4 is 5.62 Å². The molecule has 0 aliphatic carbocycles. The summed E-state index contributed by atoms with van der Waals surface area (Å²) in [5, 5.41) is 19.9. The first-order valence-corrected chi connectivity index (χ1v) is 12.3. The minimum Gasteiger partial charge on any atom is -0.507 e. The number of amides is 1. The summed E-state index contributed by atoms with van der Waals surface area (Å²) < 4.78 is 3.62. The molecule has 1 heterocycles. The molecule has 7 nitrogen and oxygen atoms in total. The largest absolute Gasteiger partial charge is 0.507 e. The lowest BCUT2D eigenvalue weighted by Crippen LogP contribution is -2.28. The van der Waals surface area contributed by atoms with Gasteiger partial charge in [0.15, 0.2) is 5.78 Å². The van der Waals surface area contributed by atoms with Gasteiger partial charge in [0.05, 0.1) is 30.5 Å². The molecule has 200 valence electrons. The fourth-order valence-electron chi connectivity index (χ4n) is 4.50. The van der Waals surface area contributed by atoms with Crippen molar-refractivity contribution in [2.24, 2.45) is 0 Å². The number of aromatic hydroxyl groups is 1. The van der Waals surface area contributed by atoms with Gasteiger partial charge in [-0.2, -0.15) is 0 Å². The van der Waals surface area contributed by atoms with Crippen LogP contribution in [0.3, 0.4) is 0 Å². The maximum atomic E-state index is 13.6. The second-order valence-corrected chi connectivity index (χ2v) is 10.6. The quantitative estimate of drug-likeness (QED) is 0.300. The van der Waals surface area contributed by atoms with Gasteiger partial charge in [0, 0.05) is 30.8 Å². The average Bonchev–Trinajstić information content (AvgIpc) is 3.11. The number of para-hydroxylation sites is 2. The van der Waals surface area contributed by atoms with Gasteiger partial charge in [-0.05, 0) is 35.2 Å². The van der Waals surface area contributed by atoms with Crippen LogP contribution in [-0.4, -0.2) is 44.9 Å². The summed E-state index contributed by atoms with van der Waals surface area (Å²) in [6.07, 6.45) is -0.00372. The van der Waals surface area contributed by atoms with Crippen LogP contribution in [0.2, 0.25) is 0 Å². The van der Waals surface area contributed by atoms with Gasteiger partial charge in [0.2, 0.25) is 11.5 Å². The zero-order valence-corrected chi connectivity index (χ0v) is 24.2. The second-order valence-electron chi connectivity index (χ2n) is 10.6. The van der Waals surface area contributed by atoms with Crippen molar-refractivity contribution in [1.29, 1.82) is 5.41 Å². The Balaban J connectivity index is 0.00000400. The molecule has 38 heavy (non-hydrogen) atoms. The lowest BCUT2D eigenvalue weighted by Gasteiger charge is -2.23. The van der Waals surface area contributed by atoms with E-state index >= 15 is 0 Å². The Hall–Kier alpha value is -3.65. The number of phenolic OH excluding ortho intramolecular Hbond substituents is 1. The fraction of sp³-hybridized carbons (Fsp3) is 0.300.